The second-order valence-corrected chi connectivity index (χ2v) is 2.11. The third kappa shape index (κ3) is 1.72. The van der Waals surface area contributed by atoms with Crippen molar-refractivity contribution < 1.29 is 13.9 Å². The summed E-state index contributed by atoms with van der Waals surface area (Å²) in [4.78, 5) is 0. The van der Waals surface area contributed by atoms with E-state index < -0.39 is 17.9 Å². The zero-order valence-corrected chi connectivity index (χ0v) is 5.59. The molecule has 1 atom stereocenters. The zero-order valence-electron chi connectivity index (χ0n) is 5.59. The van der Waals surface area contributed by atoms with Crippen LogP contribution in [-0.2, 0) is 0 Å². The topological polar surface area (TPSA) is 46.2 Å². The Labute approximate surface area is 62.3 Å². The molecule has 0 saturated heterocycles. The molecule has 2 nitrogen and oxygen atoms in total. The van der Waals surface area contributed by atoms with Gasteiger partial charge in [0.2, 0.25) is 0 Å². The predicted octanol–water partition coefficient (Wildman–Crippen LogP) is 0.914. The van der Waals surface area contributed by atoms with Crippen LogP contribution < -0.4 is 5.73 Å². The summed E-state index contributed by atoms with van der Waals surface area (Å²) < 4.78 is 25.0. The lowest BCUT2D eigenvalue weighted by Crippen LogP contribution is -2.10. The normalized spacial score (nSPS) is 13.1. The maximum absolute atomic E-state index is 12.6. The van der Waals surface area contributed by atoms with E-state index in [9.17, 15) is 8.78 Å². The van der Waals surface area contributed by atoms with E-state index >= 15 is 0 Å². The van der Waals surface area contributed by atoms with Gasteiger partial charge in [-0.25, -0.2) is 8.78 Å². The average Bonchev–Trinajstić information content (AvgIpc) is 1.94. The molecule has 1 aromatic rings. The van der Waals surface area contributed by atoms with Crippen molar-refractivity contribution in [3.63, 3.8) is 0 Å². The van der Waals surface area contributed by atoms with E-state index in [0.29, 0.717) is 0 Å². The van der Waals surface area contributed by atoms with Gasteiger partial charge >= 0.3 is 0 Å². The number of aliphatic hydroxyl groups excluding tert-OH is 1. The smallest absolute Gasteiger partial charge is 0.131 e. The van der Waals surface area contributed by atoms with Gasteiger partial charge in [-0.1, -0.05) is 0 Å². The number of aliphatic hydroxyl groups is 1. The van der Waals surface area contributed by atoms with E-state index in [2.05, 4.69) is 0 Å². The standard InChI is InChI=1S/C7H7F2NO/c8-4-1-2-6(9)5(3-4)7(10)11/h1-3,7,11H,10H2. The van der Waals surface area contributed by atoms with Gasteiger partial charge in [0.15, 0.2) is 0 Å². The highest BCUT2D eigenvalue weighted by atomic mass is 19.1. The lowest BCUT2D eigenvalue weighted by molar-refractivity contribution is 0.181. The van der Waals surface area contributed by atoms with Crippen molar-refractivity contribution in [2.24, 2.45) is 5.73 Å². The Kier molecular flexibility index (Phi) is 2.16. The second-order valence-electron chi connectivity index (χ2n) is 2.11. The minimum Gasteiger partial charge on any atom is -0.374 e. The van der Waals surface area contributed by atoms with E-state index in [4.69, 9.17) is 10.8 Å². The maximum Gasteiger partial charge on any atom is 0.131 e. The van der Waals surface area contributed by atoms with Gasteiger partial charge in [-0.05, 0) is 18.2 Å². The fourth-order valence-electron chi connectivity index (χ4n) is 0.741. The maximum atomic E-state index is 12.6. The van der Waals surface area contributed by atoms with Crippen LogP contribution in [0.3, 0.4) is 0 Å². The Morgan fingerprint density at radius 3 is 2.45 bits per heavy atom. The second kappa shape index (κ2) is 2.94. The van der Waals surface area contributed by atoms with E-state index in [1.807, 2.05) is 0 Å². The van der Waals surface area contributed by atoms with Crippen molar-refractivity contribution in [2.45, 2.75) is 6.23 Å². The number of benzene rings is 1. The van der Waals surface area contributed by atoms with Crippen LogP contribution >= 0.6 is 0 Å². The van der Waals surface area contributed by atoms with Crippen LogP contribution in [-0.4, -0.2) is 5.11 Å². The summed E-state index contributed by atoms with van der Waals surface area (Å²) in [7, 11) is 0. The van der Waals surface area contributed by atoms with Crippen LogP contribution in [0.5, 0.6) is 0 Å². The van der Waals surface area contributed by atoms with Crippen molar-refractivity contribution in [1.29, 1.82) is 0 Å². The molecule has 0 aromatic heterocycles. The van der Waals surface area contributed by atoms with E-state index in [1.165, 1.54) is 0 Å². The predicted molar refractivity (Wildman–Crippen MR) is 35.5 cm³/mol. The number of rotatable bonds is 1. The molecule has 60 valence electrons. The summed E-state index contributed by atoms with van der Waals surface area (Å²) in [5.41, 5.74) is 4.70. The quantitative estimate of drug-likeness (QED) is 0.598. The summed E-state index contributed by atoms with van der Waals surface area (Å²) in [6.45, 7) is 0. The Hall–Kier alpha value is -1.00. The molecule has 0 spiro atoms. The van der Waals surface area contributed by atoms with Crippen molar-refractivity contribution in [3.8, 4) is 0 Å². The van der Waals surface area contributed by atoms with E-state index in [1.54, 1.807) is 0 Å². The van der Waals surface area contributed by atoms with E-state index in [-0.39, 0.29) is 5.56 Å². The number of halogens is 2. The minimum absolute atomic E-state index is 0.231. The van der Waals surface area contributed by atoms with Crippen LogP contribution in [0.25, 0.3) is 0 Å². The fraction of sp³-hybridized carbons (Fsp3) is 0.143. The van der Waals surface area contributed by atoms with Gasteiger partial charge in [-0.15, -0.1) is 0 Å². The molecule has 0 aliphatic heterocycles. The van der Waals surface area contributed by atoms with Gasteiger partial charge in [0.1, 0.15) is 17.9 Å². The Morgan fingerprint density at radius 1 is 1.36 bits per heavy atom. The SMILES string of the molecule is NC(O)c1cc(F)ccc1F. The summed E-state index contributed by atoms with van der Waals surface area (Å²) in [5.74, 6) is -1.33. The third-order valence-electron chi connectivity index (χ3n) is 1.28. The molecule has 0 fully saturated rings. The molecule has 0 aliphatic carbocycles. The van der Waals surface area contributed by atoms with Crippen molar-refractivity contribution in [1.82, 2.24) is 0 Å². The Bertz CT molecular complexity index is 263. The molecule has 4 heteroatoms. The minimum atomic E-state index is -1.47. The lowest BCUT2D eigenvalue weighted by Gasteiger charge is -2.04. The highest BCUT2D eigenvalue weighted by molar-refractivity contribution is 5.20. The molecule has 1 rings (SSSR count). The fourth-order valence-corrected chi connectivity index (χ4v) is 0.741. The lowest BCUT2D eigenvalue weighted by atomic mass is 10.2. The molecular weight excluding hydrogens is 152 g/mol. The van der Waals surface area contributed by atoms with Gasteiger partial charge in [-0.3, -0.25) is 0 Å². The molecule has 11 heavy (non-hydrogen) atoms. The van der Waals surface area contributed by atoms with Gasteiger partial charge < -0.3 is 10.8 Å². The first-order chi connectivity index (χ1) is 5.11. The van der Waals surface area contributed by atoms with Gasteiger partial charge in [-0.2, -0.15) is 0 Å². The summed E-state index contributed by atoms with van der Waals surface area (Å²) >= 11 is 0. The molecule has 0 aliphatic rings. The van der Waals surface area contributed by atoms with Crippen molar-refractivity contribution in [3.05, 3.63) is 35.4 Å². The van der Waals surface area contributed by atoms with Crippen LogP contribution in [0.1, 0.15) is 11.8 Å². The molecule has 1 unspecified atom stereocenters. The number of hydrogen-bond donors (Lipinski definition) is 2. The average molecular weight is 159 g/mol. The van der Waals surface area contributed by atoms with Crippen LogP contribution in [0.2, 0.25) is 0 Å². The molecule has 0 heterocycles. The Balaban J connectivity index is 3.13. The molecular formula is C7H7F2NO. The molecule has 3 N–H and O–H groups in total. The van der Waals surface area contributed by atoms with Crippen molar-refractivity contribution >= 4 is 0 Å². The molecule has 0 saturated carbocycles. The first kappa shape index (κ1) is 8.10. The first-order valence-electron chi connectivity index (χ1n) is 3.00. The van der Waals surface area contributed by atoms with Gasteiger partial charge in [0.25, 0.3) is 0 Å². The number of nitrogens with two attached hydrogens (primary N) is 1. The molecule has 0 radical (unpaired) electrons. The molecule has 0 bridgehead atoms. The van der Waals surface area contributed by atoms with Gasteiger partial charge in [0.05, 0.1) is 0 Å². The summed E-state index contributed by atoms with van der Waals surface area (Å²) in [6, 6.07) is 2.74. The summed E-state index contributed by atoms with van der Waals surface area (Å²) in [6.07, 6.45) is -1.47. The number of hydrogen-bond acceptors (Lipinski definition) is 2. The van der Waals surface area contributed by atoms with Crippen molar-refractivity contribution in [2.75, 3.05) is 0 Å². The summed E-state index contributed by atoms with van der Waals surface area (Å²) in [5, 5.41) is 8.70. The highest BCUT2D eigenvalue weighted by Gasteiger charge is 2.08. The third-order valence-corrected chi connectivity index (χ3v) is 1.28. The van der Waals surface area contributed by atoms with Crippen LogP contribution in [0.15, 0.2) is 18.2 Å². The first-order valence-corrected chi connectivity index (χ1v) is 3.00. The highest BCUT2D eigenvalue weighted by Crippen LogP contribution is 2.13. The van der Waals surface area contributed by atoms with Gasteiger partial charge in [0, 0.05) is 5.56 Å². The van der Waals surface area contributed by atoms with E-state index in [0.717, 1.165) is 18.2 Å². The van der Waals surface area contributed by atoms with Crippen LogP contribution in [0.4, 0.5) is 8.78 Å². The van der Waals surface area contributed by atoms with Crippen LogP contribution in [0, 0.1) is 11.6 Å². The zero-order chi connectivity index (χ0) is 8.43. The Morgan fingerprint density at radius 2 is 2.00 bits per heavy atom. The largest absolute Gasteiger partial charge is 0.374 e. The molecule has 0 amide bonds. The monoisotopic (exact) mass is 159 g/mol. The molecule has 1 aromatic carbocycles.